The molecule has 3 fully saturated rings. The molecule has 4 atom stereocenters. The van der Waals surface area contributed by atoms with E-state index in [1.807, 2.05) is 42.5 Å². The second kappa shape index (κ2) is 11.5. The number of rotatable bonds is 8. The highest BCUT2D eigenvalue weighted by molar-refractivity contribution is 5.89. The van der Waals surface area contributed by atoms with Crippen molar-refractivity contribution in [2.45, 2.75) is 31.6 Å². The van der Waals surface area contributed by atoms with E-state index < -0.39 is 0 Å². The van der Waals surface area contributed by atoms with Gasteiger partial charge < -0.3 is 19.5 Å². The first kappa shape index (κ1) is 24.8. The van der Waals surface area contributed by atoms with Crippen LogP contribution in [0.25, 0.3) is 0 Å². The third kappa shape index (κ3) is 6.12. The van der Waals surface area contributed by atoms with Crippen LogP contribution in [0.1, 0.15) is 39.4 Å². The molecule has 37 heavy (non-hydrogen) atoms. The first-order valence-corrected chi connectivity index (χ1v) is 12.7. The maximum absolute atomic E-state index is 12.7. The topological polar surface area (TPSA) is 77.1 Å². The lowest BCUT2D eigenvalue weighted by Crippen LogP contribution is -2.56. The molecule has 3 unspecified atom stereocenters. The van der Waals surface area contributed by atoms with Crippen LogP contribution in [-0.4, -0.2) is 49.8 Å². The normalized spacial score (nSPS) is 22.2. The summed E-state index contributed by atoms with van der Waals surface area (Å²) in [6.45, 7) is 3.61. The van der Waals surface area contributed by atoms with Crippen molar-refractivity contribution < 1.29 is 23.8 Å². The Morgan fingerprint density at radius 3 is 2.51 bits per heavy atom. The Bertz CT molecular complexity index is 1210. The van der Waals surface area contributed by atoms with Gasteiger partial charge in [0.05, 0.1) is 12.7 Å². The Morgan fingerprint density at radius 2 is 1.76 bits per heavy atom. The van der Waals surface area contributed by atoms with Gasteiger partial charge in [-0.25, -0.2) is 9.59 Å². The molecule has 1 amide bonds. The maximum Gasteiger partial charge on any atom is 0.407 e. The summed E-state index contributed by atoms with van der Waals surface area (Å²) in [5, 5.41) is 2.90. The Morgan fingerprint density at radius 1 is 0.946 bits per heavy atom. The monoisotopic (exact) mass is 500 g/mol. The molecule has 2 bridgehead atoms. The molecule has 0 spiro atoms. The van der Waals surface area contributed by atoms with Crippen molar-refractivity contribution in [3.8, 4) is 5.75 Å². The van der Waals surface area contributed by atoms with Crippen molar-refractivity contribution >= 4 is 12.1 Å². The van der Waals surface area contributed by atoms with E-state index in [0.717, 1.165) is 37.2 Å². The summed E-state index contributed by atoms with van der Waals surface area (Å²) in [5.41, 5.74) is 3.68. The van der Waals surface area contributed by atoms with Crippen LogP contribution in [0.2, 0.25) is 0 Å². The van der Waals surface area contributed by atoms with Crippen LogP contribution in [0, 0.1) is 5.92 Å². The smallest absolute Gasteiger partial charge is 0.407 e. The van der Waals surface area contributed by atoms with Gasteiger partial charge in [-0.3, -0.25) is 4.90 Å². The van der Waals surface area contributed by atoms with Gasteiger partial charge in [0, 0.05) is 31.5 Å². The fourth-order valence-electron chi connectivity index (χ4n) is 5.34. The van der Waals surface area contributed by atoms with E-state index in [1.54, 1.807) is 12.1 Å². The molecule has 1 N–H and O–H groups in total. The second-order valence-electron chi connectivity index (χ2n) is 9.65. The Labute approximate surface area is 217 Å². The highest BCUT2D eigenvalue weighted by Gasteiger charge is 2.43. The van der Waals surface area contributed by atoms with Crippen LogP contribution in [0.5, 0.6) is 5.75 Å². The first-order chi connectivity index (χ1) is 18.1. The summed E-state index contributed by atoms with van der Waals surface area (Å²) in [6.07, 6.45) is 0.554. The van der Waals surface area contributed by atoms with Crippen molar-refractivity contribution in [3.63, 3.8) is 0 Å². The molecular formula is C30H32N2O5. The van der Waals surface area contributed by atoms with Gasteiger partial charge in [0.2, 0.25) is 0 Å². The van der Waals surface area contributed by atoms with Gasteiger partial charge in [0.25, 0.3) is 0 Å². The minimum atomic E-state index is -0.387. The van der Waals surface area contributed by atoms with Crippen molar-refractivity contribution in [2.24, 2.45) is 5.92 Å². The summed E-state index contributed by atoms with van der Waals surface area (Å²) in [5.74, 6) is 1.08. The Kier molecular flexibility index (Phi) is 7.70. The molecule has 6 rings (SSSR count). The van der Waals surface area contributed by atoms with Gasteiger partial charge in [-0.05, 0) is 53.9 Å². The zero-order valence-corrected chi connectivity index (χ0v) is 21.0. The minimum absolute atomic E-state index is 0.104. The van der Waals surface area contributed by atoms with Crippen molar-refractivity contribution in [1.82, 2.24) is 10.2 Å². The molecule has 0 aromatic heterocycles. The molecule has 3 aromatic carbocycles. The number of benzene rings is 3. The van der Waals surface area contributed by atoms with E-state index in [9.17, 15) is 9.59 Å². The summed E-state index contributed by atoms with van der Waals surface area (Å²) in [6, 6.07) is 25.3. The fourth-order valence-corrected chi connectivity index (χ4v) is 5.34. The molecule has 3 heterocycles. The van der Waals surface area contributed by atoms with Gasteiger partial charge in [0.1, 0.15) is 18.5 Å². The number of nitrogens with zero attached hydrogens (tertiary/aromatic N) is 1. The van der Waals surface area contributed by atoms with E-state index in [-0.39, 0.29) is 18.2 Å². The number of carbonyl (C=O) groups is 2. The summed E-state index contributed by atoms with van der Waals surface area (Å²) < 4.78 is 16.5. The van der Waals surface area contributed by atoms with Crippen LogP contribution in [0.15, 0.2) is 78.9 Å². The highest BCUT2D eigenvalue weighted by atomic mass is 16.6. The molecule has 192 valence electrons. The van der Waals surface area contributed by atoms with E-state index in [4.69, 9.17) is 14.2 Å². The molecule has 0 saturated carbocycles. The lowest BCUT2D eigenvalue weighted by atomic mass is 9.74. The highest BCUT2D eigenvalue weighted by Crippen LogP contribution is 2.40. The predicted molar refractivity (Wildman–Crippen MR) is 139 cm³/mol. The number of piperidine rings is 3. The SMILES string of the molecule is COC(=O)c1ccc(COc2cccc(CNC(=O)O[C@H]3CN4CCC3C(c3ccccc3)C4)c2)cc1. The summed E-state index contributed by atoms with van der Waals surface area (Å²) in [7, 11) is 1.36. The number of fused-ring (bicyclic) bond motifs is 3. The zero-order valence-electron chi connectivity index (χ0n) is 21.0. The number of amides is 1. The summed E-state index contributed by atoms with van der Waals surface area (Å²) >= 11 is 0. The number of alkyl carbamates (subject to hydrolysis) is 1. The van der Waals surface area contributed by atoms with E-state index in [2.05, 4.69) is 34.5 Å². The second-order valence-corrected chi connectivity index (χ2v) is 9.65. The van der Waals surface area contributed by atoms with Crippen LogP contribution < -0.4 is 10.1 Å². The molecule has 0 radical (unpaired) electrons. The van der Waals surface area contributed by atoms with Crippen LogP contribution in [0.4, 0.5) is 4.79 Å². The number of hydrogen-bond acceptors (Lipinski definition) is 6. The number of nitrogens with one attached hydrogen (secondary N) is 1. The molecule has 7 nitrogen and oxygen atoms in total. The fraction of sp³-hybridized carbons (Fsp3) is 0.333. The number of esters is 1. The predicted octanol–water partition coefficient (Wildman–Crippen LogP) is 4.77. The van der Waals surface area contributed by atoms with Gasteiger partial charge in [-0.2, -0.15) is 0 Å². The third-order valence-electron chi connectivity index (χ3n) is 7.27. The Hall–Kier alpha value is -3.84. The molecule has 3 aliphatic heterocycles. The van der Waals surface area contributed by atoms with Crippen LogP contribution >= 0.6 is 0 Å². The lowest BCUT2D eigenvalue weighted by Gasteiger charge is -2.49. The average Bonchev–Trinajstić information content (AvgIpc) is 2.96. The van der Waals surface area contributed by atoms with Gasteiger partial charge in [-0.1, -0.05) is 54.6 Å². The van der Waals surface area contributed by atoms with Gasteiger partial charge in [0.15, 0.2) is 0 Å². The molecule has 0 aliphatic carbocycles. The lowest BCUT2D eigenvalue weighted by molar-refractivity contribution is -0.0459. The standard InChI is InChI=1S/C30H32N2O5/c1-35-29(33)24-12-10-21(11-13-24)20-36-25-9-5-6-22(16-25)17-31-30(34)37-28-19-32-15-14-26(28)27(18-32)23-7-3-2-4-8-23/h2-13,16,26-28H,14-15,17-20H2,1H3,(H,31,34)/t26?,27?,28-/m0/s1. The van der Waals surface area contributed by atoms with Gasteiger partial charge >= 0.3 is 12.1 Å². The van der Waals surface area contributed by atoms with E-state index in [1.165, 1.54) is 12.7 Å². The molecule has 3 saturated heterocycles. The third-order valence-corrected chi connectivity index (χ3v) is 7.27. The van der Waals surface area contributed by atoms with Crippen molar-refractivity contribution in [1.29, 1.82) is 0 Å². The summed E-state index contributed by atoms with van der Waals surface area (Å²) in [4.78, 5) is 26.7. The molecular weight excluding hydrogens is 468 g/mol. The van der Waals surface area contributed by atoms with Crippen molar-refractivity contribution in [2.75, 3.05) is 26.7 Å². The quantitative estimate of drug-likeness (QED) is 0.449. The minimum Gasteiger partial charge on any atom is -0.489 e. The largest absolute Gasteiger partial charge is 0.489 e. The van der Waals surface area contributed by atoms with Crippen molar-refractivity contribution in [3.05, 3.63) is 101 Å². The van der Waals surface area contributed by atoms with Gasteiger partial charge in [-0.15, -0.1) is 0 Å². The first-order valence-electron chi connectivity index (χ1n) is 12.7. The molecule has 3 aliphatic rings. The van der Waals surface area contributed by atoms with Crippen LogP contribution in [-0.2, 0) is 22.6 Å². The van der Waals surface area contributed by atoms with E-state index >= 15 is 0 Å². The maximum atomic E-state index is 12.7. The number of ether oxygens (including phenoxy) is 3. The average molecular weight is 501 g/mol. The molecule has 3 aromatic rings. The zero-order chi connectivity index (χ0) is 25.6. The number of carbonyl (C=O) groups excluding carboxylic acids is 2. The number of hydrogen-bond donors (Lipinski definition) is 1. The molecule has 7 heteroatoms. The Balaban J connectivity index is 1.12. The van der Waals surface area contributed by atoms with E-state index in [0.29, 0.717) is 36.3 Å². The van der Waals surface area contributed by atoms with Crippen LogP contribution in [0.3, 0.4) is 0 Å². The number of methoxy groups -OCH3 is 1.